The van der Waals surface area contributed by atoms with Crippen LogP contribution in [0.5, 0.6) is 0 Å². The first-order chi connectivity index (χ1) is 29.8. The summed E-state index contributed by atoms with van der Waals surface area (Å²) in [5, 5.41) is 49.5. The maximum absolute atomic E-state index is 14.8. The molecule has 1 aliphatic heterocycles. The Kier molecular flexibility index (Phi) is 15.1. The van der Waals surface area contributed by atoms with Crippen molar-refractivity contribution in [2.75, 3.05) is 0 Å². The molecule has 362 valence electrons. The van der Waals surface area contributed by atoms with Crippen molar-refractivity contribution in [3.63, 3.8) is 0 Å². The normalized spacial score (nSPS) is 43.9. The molecule has 17 unspecified atom stereocenters. The minimum Gasteiger partial charge on any atom is -0.393 e. The Morgan fingerprint density at radius 2 is 1.48 bits per heavy atom. The molecule has 6 heteroatoms. The number of alkyl halides is 1. The topological polar surface area (TPSA) is 93.0 Å². The Morgan fingerprint density at radius 1 is 0.794 bits per heavy atom. The van der Waals surface area contributed by atoms with E-state index in [0.717, 1.165) is 105 Å². The van der Waals surface area contributed by atoms with Gasteiger partial charge in [0.2, 0.25) is 0 Å². The van der Waals surface area contributed by atoms with Crippen molar-refractivity contribution in [3.05, 3.63) is 12.2 Å². The first kappa shape index (κ1) is 48.9. The van der Waals surface area contributed by atoms with E-state index < -0.39 is 17.9 Å². The zero-order chi connectivity index (χ0) is 45.2. The van der Waals surface area contributed by atoms with Crippen molar-refractivity contribution in [1.82, 2.24) is 5.32 Å². The van der Waals surface area contributed by atoms with Crippen LogP contribution in [0.2, 0.25) is 0 Å². The fourth-order valence-electron chi connectivity index (χ4n) is 16.8. The van der Waals surface area contributed by atoms with E-state index in [-0.39, 0.29) is 29.5 Å². The van der Waals surface area contributed by atoms with Crippen LogP contribution in [0.25, 0.3) is 0 Å². The Bertz CT molecular complexity index is 1500. The van der Waals surface area contributed by atoms with Gasteiger partial charge in [-0.3, -0.25) is 0 Å². The van der Waals surface area contributed by atoms with Crippen molar-refractivity contribution in [2.45, 2.75) is 245 Å². The Hall–Kier alpha value is -0.530. The molecule has 0 bridgehead atoms. The maximum atomic E-state index is 14.8. The molecule has 0 radical (unpaired) electrons. The highest BCUT2D eigenvalue weighted by molar-refractivity contribution is 5.15. The van der Waals surface area contributed by atoms with E-state index >= 15 is 0 Å². The molecule has 5 nitrogen and oxygen atoms in total. The number of hydrogen-bond acceptors (Lipinski definition) is 5. The lowest BCUT2D eigenvalue weighted by Gasteiger charge is -2.40. The SMILES string of the molecule is C=C(C1CCC(C2CC2C)C1)C(O)C(O)C(C)CC(C)(C)CC(CC)C(O)C1CCC(CC2NC(C3CC3CC(C)(C)F)CCC(C3CC3C3(C4CCC(O)CC4)CC3)C2C)CC1. The molecule has 63 heavy (non-hydrogen) atoms. The van der Waals surface area contributed by atoms with Crippen LogP contribution in [0.15, 0.2) is 12.2 Å². The minimum absolute atomic E-state index is 0.0504. The largest absolute Gasteiger partial charge is 0.393 e. The summed E-state index contributed by atoms with van der Waals surface area (Å²) < 4.78 is 14.8. The molecule has 0 spiro atoms. The summed E-state index contributed by atoms with van der Waals surface area (Å²) in [6, 6.07) is 1.05. The number of halogens is 1. The highest BCUT2D eigenvalue weighted by atomic mass is 19.1. The van der Waals surface area contributed by atoms with Gasteiger partial charge in [0, 0.05) is 12.1 Å². The number of aliphatic hydroxyl groups is 4. The quantitative estimate of drug-likeness (QED) is 0.0786. The third kappa shape index (κ3) is 11.5. The molecule has 7 aliphatic carbocycles. The smallest absolute Gasteiger partial charge is 0.105 e. The zero-order valence-electron chi connectivity index (χ0n) is 41.8. The second-order valence-electron chi connectivity index (χ2n) is 26.7. The Labute approximate surface area is 385 Å². The van der Waals surface area contributed by atoms with Gasteiger partial charge in [0.05, 0.1) is 18.3 Å². The molecule has 0 aromatic heterocycles. The summed E-state index contributed by atoms with van der Waals surface area (Å²) in [7, 11) is 0. The fourth-order valence-corrected chi connectivity index (χ4v) is 16.8. The van der Waals surface area contributed by atoms with Crippen molar-refractivity contribution < 1.29 is 24.8 Å². The molecule has 0 aromatic carbocycles. The van der Waals surface area contributed by atoms with Crippen molar-refractivity contribution >= 4 is 0 Å². The fraction of sp³-hybridized carbons (Fsp3) is 0.965. The molecule has 8 fully saturated rings. The highest BCUT2D eigenvalue weighted by Gasteiger charge is 2.64. The number of rotatable bonds is 20. The monoisotopic (exact) mass is 880 g/mol. The molecular formula is C57H98FNO4. The van der Waals surface area contributed by atoms with Gasteiger partial charge in [-0.05, 0) is 247 Å². The van der Waals surface area contributed by atoms with Crippen LogP contribution in [0.1, 0.15) is 203 Å². The van der Waals surface area contributed by atoms with E-state index in [0.29, 0.717) is 59.4 Å². The van der Waals surface area contributed by atoms with Crippen LogP contribution >= 0.6 is 0 Å². The standard InChI is InChI=1S/C57H98FNO4/c1-10-38(31-55(6,7)30-34(3)52(61)53(62)35(4)40-15-16-41(27-40)46-25-33(46)2)54(63)39-13-11-37(12-14-39)26-51-36(5)45(21-22-50(59-51)47-28-42(47)32-56(8,9)58)48-29-49(48)57(23-24-57)43-17-19-44(60)20-18-43/h33-34,36-54,59-63H,4,10-32H2,1-3,5-9H3. The van der Waals surface area contributed by atoms with Gasteiger partial charge in [0.1, 0.15) is 11.8 Å². The van der Waals surface area contributed by atoms with Crippen molar-refractivity contribution in [3.8, 4) is 0 Å². The number of nitrogens with one attached hydrogen (secondary N) is 1. The van der Waals surface area contributed by atoms with Gasteiger partial charge in [-0.25, -0.2) is 4.39 Å². The first-order valence-corrected chi connectivity index (χ1v) is 27.6. The summed E-state index contributed by atoms with van der Waals surface area (Å²) in [6.07, 6.45) is 24.7. The van der Waals surface area contributed by atoms with E-state index in [1.807, 2.05) is 0 Å². The summed E-state index contributed by atoms with van der Waals surface area (Å²) in [5.74, 6) is 9.26. The van der Waals surface area contributed by atoms with Gasteiger partial charge in [-0.15, -0.1) is 0 Å². The highest BCUT2D eigenvalue weighted by Crippen LogP contribution is 2.72. The maximum Gasteiger partial charge on any atom is 0.105 e. The van der Waals surface area contributed by atoms with E-state index in [2.05, 4.69) is 53.4 Å². The van der Waals surface area contributed by atoms with E-state index in [1.54, 1.807) is 13.8 Å². The van der Waals surface area contributed by atoms with Gasteiger partial charge in [0.25, 0.3) is 0 Å². The summed E-state index contributed by atoms with van der Waals surface area (Å²) >= 11 is 0. The van der Waals surface area contributed by atoms with Gasteiger partial charge in [-0.2, -0.15) is 0 Å². The molecule has 0 amide bonds. The molecule has 0 aromatic rings. The lowest BCUT2D eigenvalue weighted by atomic mass is 9.68. The lowest BCUT2D eigenvalue weighted by Crippen LogP contribution is -2.44. The predicted molar refractivity (Wildman–Crippen MR) is 257 cm³/mol. The van der Waals surface area contributed by atoms with Gasteiger partial charge >= 0.3 is 0 Å². The van der Waals surface area contributed by atoms with Crippen LogP contribution in [0.4, 0.5) is 4.39 Å². The first-order valence-electron chi connectivity index (χ1n) is 27.6. The Balaban J connectivity index is 0.834. The number of aliphatic hydroxyl groups excluding tert-OH is 4. The second kappa shape index (κ2) is 19.5. The van der Waals surface area contributed by atoms with Gasteiger partial charge < -0.3 is 25.7 Å². The van der Waals surface area contributed by atoms with Crippen LogP contribution in [0, 0.1) is 99.6 Å². The molecular weight excluding hydrogens is 782 g/mol. The zero-order valence-corrected chi connectivity index (χ0v) is 41.8. The number of hydrogen-bond donors (Lipinski definition) is 5. The van der Waals surface area contributed by atoms with E-state index in [9.17, 15) is 24.8 Å². The lowest BCUT2D eigenvalue weighted by molar-refractivity contribution is -0.0218. The molecule has 5 N–H and O–H groups in total. The Morgan fingerprint density at radius 3 is 2.10 bits per heavy atom. The van der Waals surface area contributed by atoms with Crippen molar-refractivity contribution in [1.29, 1.82) is 0 Å². The molecule has 17 atom stereocenters. The molecule has 1 saturated heterocycles. The van der Waals surface area contributed by atoms with Gasteiger partial charge in [-0.1, -0.05) is 67.4 Å². The average Bonchev–Trinajstić information content (AvgIpc) is 4.06. The summed E-state index contributed by atoms with van der Waals surface area (Å²) in [6.45, 7) is 21.8. The van der Waals surface area contributed by atoms with Crippen LogP contribution in [0.3, 0.4) is 0 Å². The average molecular weight is 880 g/mol. The second-order valence-corrected chi connectivity index (χ2v) is 26.7. The minimum atomic E-state index is -1.09. The predicted octanol–water partition coefficient (Wildman–Crippen LogP) is 12.5. The molecule has 8 rings (SSSR count). The third-order valence-corrected chi connectivity index (χ3v) is 21.0. The van der Waals surface area contributed by atoms with E-state index in [4.69, 9.17) is 0 Å². The van der Waals surface area contributed by atoms with Crippen LogP contribution in [-0.2, 0) is 0 Å². The molecule has 1 heterocycles. The molecule has 7 saturated carbocycles. The molecule has 8 aliphatic rings. The van der Waals surface area contributed by atoms with Crippen LogP contribution < -0.4 is 5.32 Å². The van der Waals surface area contributed by atoms with Crippen molar-refractivity contribution in [2.24, 2.45) is 99.6 Å². The van der Waals surface area contributed by atoms with E-state index in [1.165, 1.54) is 83.5 Å². The summed E-state index contributed by atoms with van der Waals surface area (Å²) in [5.41, 5.74) is 0.295. The van der Waals surface area contributed by atoms with Gasteiger partial charge in [0.15, 0.2) is 0 Å². The summed E-state index contributed by atoms with van der Waals surface area (Å²) in [4.78, 5) is 0. The third-order valence-electron chi connectivity index (χ3n) is 21.0. The van der Waals surface area contributed by atoms with Crippen LogP contribution in [-0.4, -0.2) is 62.6 Å².